The van der Waals surface area contributed by atoms with Crippen molar-refractivity contribution >= 4 is 20.7 Å². The van der Waals surface area contributed by atoms with Crippen LogP contribution < -0.4 is 0 Å². The van der Waals surface area contributed by atoms with Crippen molar-refractivity contribution in [2.75, 3.05) is 0 Å². The third-order valence-electron chi connectivity index (χ3n) is 8.11. The monoisotopic (exact) mass is 450 g/mol. The van der Waals surface area contributed by atoms with Crippen LogP contribution in [0.1, 0.15) is 62.1 Å². The molecule has 3 aliphatic carbocycles. The van der Waals surface area contributed by atoms with Gasteiger partial charge in [-0.05, 0) is 73.6 Å². The minimum atomic E-state index is -3.65. The van der Waals surface area contributed by atoms with E-state index in [2.05, 4.69) is 19.1 Å². The van der Waals surface area contributed by atoms with Gasteiger partial charge in [-0.25, -0.2) is 8.42 Å². The fraction of sp³-hybridized carbons (Fsp3) is 0.444. The van der Waals surface area contributed by atoms with Crippen molar-refractivity contribution in [2.45, 2.75) is 63.4 Å². The van der Waals surface area contributed by atoms with E-state index in [9.17, 15) is 13.2 Å². The highest BCUT2D eigenvalue weighted by atomic mass is 32.2. The molecule has 0 saturated heterocycles. The van der Waals surface area contributed by atoms with Crippen LogP contribution in [0.25, 0.3) is 4.91 Å². The predicted octanol–water partition coefficient (Wildman–Crippen LogP) is 5.67. The first-order chi connectivity index (χ1) is 15.2. The van der Waals surface area contributed by atoms with Gasteiger partial charge >= 0.3 is 5.97 Å². The number of allylic oxidation sites excluding steroid dienone is 1. The van der Waals surface area contributed by atoms with Crippen LogP contribution in [0.4, 0.5) is 0 Å². The number of sulfone groups is 1. The molecule has 2 fully saturated rings. The SMILES string of the molecule is CC(=O)O[C@H]1CC[C@H]2[C@@H]3C=C(S(=O)(=O)c4ccccc4)c4cc(C)ccc4[C@H]3CC[C@]12C. The Balaban J connectivity index is 1.64. The molecule has 5 heteroatoms. The number of rotatable bonds is 3. The van der Waals surface area contributed by atoms with Gasteiger partial charge in [0, 0.05) is 12.3 Å². The van der Waals surface area contributed by atoms with E-state index in [-0.39, 0.29) is 23.4 Å². The molecule has 2 saturated carbocycles. The third-order valence-corrected chi connectivity index (χ3v) is 9.94. The van der Waals surface area contributed by atoms with Gasteiger partial charge in [0.1, 0.15) is 6.10 Å². The summed E-state index contributed by atoms with van der Waals surface area (Å²) in [7, 11) is -3.65. The smallest absolute Gasteiger partial charge is 0.302 e. The van der Waals surface area contributed by atoms with Gasteiger partial charge in [-0.3, -0.25) is 4.79 Å². The minimum Gasteiger partial charge on any atom is -0.462 e. The Morgan fingerprint density at radius 1 is 1.06 bits per heavy atom. The third kappa shape index (κ3) is 3.24. The van der Waals surface area contributed by atoms with Crippen LogP contribution in [-0.4, -0.2) is 20.5 Å². The average Bonchev–Trinajstić information content (AvgIpc) is 3.09. The van der Waals surface area contributed by atoms with Gasteiger partial charge in [0.25, 0.3) is 0 Å². The quantitative estimate of drug-likeness (QED) is 0.566. The fourth-order valence-electron chi connectivity index (χ4n) is 6.57. The van der Waals surface area contributed by atoms with E-state index in [1.54, 1.807) is 24.3 Å². The zero-order valence-corrected chi connectivity index (χ0v) is 19.7. The van der Waals surface area contributed by atoms with Gasteiger partial charge in [-0.2, -0.15) is 0 Å². The summed E-state index contributed by atoms with van der Waals surface area (Å²) in [5, 5.41) is 0. The summed E-state index contributed by atoms with van der Waals surface area (Å²) in [5.74, 6) is 0.486. The number of ether oxygens (including phenoxy) is 1. The fourth-order valence-corrected chi connectivity index (χ4v) is 8.14. The van der Waals surface area contributed by atoms with Crippen LogP contribution in [0.2, 0.25) is 0 Å². The van der Waals surface area contributed by atoms with E-state index >= 15 is 0 Å². The Morgan fingerprint density at radius 3 is 2.53 bits per heavy atom. The number of hydrogen-bond donors (Lipinski definition) is 0. The molecule has 0 aromatic heterocycles. The standard InChI is InChI=1S/C27H30O4S/c1-17-9-10-20-21-13-14-27(3)24(11-12-26(27)31-18(2)28)22(21)16-25(23(20)15-17)32(29,30)19-7-5-4-6-8-19/h4-10,15-16,21-22,24,26H,11-14H2,1-3H3/t21-,22-,24+,26+,27+/m1/s1. The Kier molecular flexibility index (Phi) is 5.08. The second-order valence-electron chi connectivity index (χ2n) is 9.95. The number of fused-ring (bicyclic) bond motifs is 5. The summed E-state index contributed by atoms with van der Waals surface area (Å²) >= 11 is 0. The maximum absolute atomic E-state index is 13.8. The van der Waals surface area contributed by atoms with E-state index in [0.29, 0.717) is 21.6 Å². The topological polar surface area (TPSA) is 60.4 Å². The Hall–Kier alpha value is -2.40. The molecule has 4 nitrogen and oxygen atoms in total. The lowest BCUT2D eigenvalue weighted by molar-refractivity contribution is -0.154. The largest absolute Gasteiger partial charge is 0.462 e. The second kappa shape index (κ2) is 7.58. The maximum atomic E-state index is 13.8. The zero-order chi connectivity index (χ0) is 22.7. The van der Waals surface area contributed by atoms with Crippen molar-refractivity contribution in [3.8, 4) is 0 Å². The number of carbonyl (C=O) groups excluding carboxylic acids is 1. The van der Waals surface area contributed by atoms with Crippen molar-refractivity contribution in [1.29, 1.82) is 0 Å². The molecule has 0 N–H and O–H groups in total. The Morgan fingerprint density at radius 2 is 1.81 bits per heavy atom. The average molecular weight is 451 g/mol. The maximum Gasteiger partial charge on any atom is 0.302 e. The zero-order valence-electron chi connectivity index (χ0n) is 18.9. The highest BCUT2D eigenvalue weighted by Crippen LogP contribution is 2.62. The highest BCUT2D eigenvalue weighted by molar-refractivity contribution is 8.00. The molecule has 0 heterocycles. The molecule has 5 atom stereocenters. The number of esters is 1. The van der Waals surface area contributed by atoms with Crippen LogP contribution in [-0.2, 0) is 19.4 Å². The van der Waals surface area contributed by atoms with E-state index in [1.165, 1.54) is 6.92 Å². The van der Waals surface area contributed by atoms with Crippen molar-refractivity contribution in [3.05, 3.63) is 71.3 Å². The molecule has 0 spiro atoms. The number of benzene rings is 2. The molecule has 0 radical (unpaired) electrons. The van der Waals surface area contributed by atoms with Crippen molar-refractivity contribution in [2.24, 2.45) is 17.3 Å². The molecule has 2 aromatic rings. The summed E-state index contributed by atoms with van der Waals surface area (Å²) in [4.78, 5) is 12.5. The summed E-state index contributed by atoms with van der Waals surface area (Å²) in [6.07, 6.45) is 5.71. The van der Waals surface area contributed by atoms with Gasteiger partial charge in [-0.15, -0.1) is 0 Å². The molecule has 3 aliphatic rings. The summed E-state index contributed by atoms with van der Waals surface area (Å²) < 4.78 is 33.3. The molecular formula is C27H30O4S. The van der Waals surface area contributed by atoms with E-state index in [1.807, 2.05) is 25.1 Å². The lowest BCUT2D eigenvalue weighted by Crippen LogP contribution is -2.44. The normalized spacial score (nSPS) is 31.2. The molecule has 0 bridgehead atoms. The summed E-state index contributed by atoms with van der Waals surface area (Å²) in [6.45, 7) is 5.72. The number of aryl methyl sites for hydroxylation is 1. The van der Waals surface area contributed by atoms with Crippen molar-refractivity contribution in [3.63, 3.8) is 0 Å². The second-order valence-corrected chi connectivity index (χ2v) is 11.9. The first-order valence-electron chi connectivity index (χ1n) is 11.5. The Labute approximate surface area is 190 Å². The predicted molar refractivity (Wildman–Crippen MR) is 125 cm³/mol. The first-order valence-corrected chi connectivity index (χ1v) is 13.0. The molecule has 2 aromatic carbocycles. The minimum absolute atomic E-state index is 0.0899. The van der Waals surface area contributed by atoms with Gasteiger partial charge in [0.15, 0.2) is 0 Å². The summed E-state index contributed by atoms with van der Waals surface area (Å²) in [6, 6.07) is 15.0. The van der Waals surface area contributed by atoms with E-state index < -0.39 is 9.84 Å². The molecule has 32 heavy (non-hydrogen) atoms. The lowest BCUT2D eigenvalue weighted by Gasteiger charge is -2.49. The lowest BCUT2D eigenvalue weighted by atomic mass is 9.57. The Bertz CT molecular complexity index is 1200. The van der Waals surface area contributed by atoms with Gasteiger partial charge in [-0.1, -0.05) is 55.0 Å². The van der Waals surface area contributed by atoms with Crippen molar-refractivity contribution < 1.29 is 17.9 Å². The highest BCUT2D eigenvalue weighted by Gasteiger charge is 2.56. The molecule has 0 unspecified atom stereocenters. The van der Waals surface area contributed by atoms with E-state index in [0.717, 1.165) is 42.4 Å². The van der Waals surface area contributed by atoms with Crippen LogP contribution in [0.15, 0.2) is 59.5 Å². The molecule has 5 rings (SSSR count). The van der Waals surface area contributed by atoms with Crippen LogP contribution in [0.3, 0.4) is 0 Å². The first kappa shape index (κ1) is 21.4. The van der Waals surface area contributed by atoms with Gasteiger partial charge in [0.2, 0.25) is 9.84 Å². The van der Waals surface area contributed by atoms with Gasteiger partial charge < -0.3 is 4.74 Å². The van der Waals surface area contributed by atoms with Crippen LogP contribution in [0, 0.1) is 24.2 Å². The number of hydrogen-bond acceptors (Lipinski definition) is 4. The number of carbonyl (C=O) groups is 1. The molecular weight excluding hydrogens is 420 g/mol. The molecule has 0 aliphatic heterocycles. The van der Waals surface area contributed by atoms with E-state index in [4.69, 9.17) is 4.74 Å². The summed E-state index contributed by atoms with van der Waals surface area (Å²) in [5.41, 5.74) is 2.95. The van der Waals surface area contributed by atoms with Crippen molar-refractivity contribution in [1.82, 2.24) is 0 Å². The van der Waals surface area contributed by atoms with Crippen LogP contribution in [0.5, 0.6) is 0 Å². The molecule has 0 amide bonds. The van der Waals surface area contributed by atoms with Gasteiger partial charge in [0.05, 0.1) is 9.80 Å². The molecule has 168 valence electrons. The van der Waals surface area contributed by atoms with Crippen LogP contribution >= 0.6 is 0 Å².